The molecule has 0 bridgehead atoms. The van der Waals surface area contributed by atoms with Crippen LogP contribution in [0.5, 0.6) is 0 Å². The Morgan fingerprint density at radius 3 is 2.40 bits per heavy atom. The standard InChI is InChI=1S/C21H22ClN5O3/c1-11-8-12(2)24-21(23-11)27-14(4)16(13(3)26-27)10-19(28)25-15-6-7-18(22)17(9-15)20(29)30-5/h6-9H,10H2,1-5H3,(H,25,28). The molecule has 3 aromatic rings. The lowest BCUT2D eigenvalue weighted by atomic mass is 10.1. The summed E-state index contributed by atoms with van der Waals surface area (Å²) in [6, 6.07) is 6.53. The highest BCUT2D eigenvalue weighted by molar-refractivity contribution is 6.33. The number of hydrogen-bond acceptors (Lipinski definition) is 6. The van der Waals surface area contributed by atoms with Crippen LogP contribution in [0.1, 0.15) is 38.7 Å². The van der Waals surface area contributed by atoms with E-state index in [0.29, 0.717) is 11.6 Å². The number of anilines is 1. The highest BCUT2D eigenvalue weighted by atomic mass is 35.5. The van der Waals surface area contributed by atoms with Crippen molar-refractivity contribution < 1.29 is 14.3 Å². The molecule has 9 heteroatoms. The average molecular weight is 428 g/mol. The third-order valence-electron chi connectivity index (χ3n) is 4.59. The van der Waals surface area contributed by atoms with Gasteiger partial charge < -0.3 is 10.1 Å². The molecule has 8 nitrogen and oxygen atoms in total. The summed E-state index contributed by atoms with van der Waals surface area (Å²) in [4.78, 5) is 33.3. The number of rotatable bonds is 5. The minimum Gasteiger partial charge on any atom is -0.465 e. The number of esters is 1. The third kappa shape index (κ3) is 4.49. The van der Waals surface area contributed by atoms with Crippen LogP contribution >= 0.6 is 11.6 Å². The fourth-order valence-corrected chi connectivity index (χ4v) is 3.36. The highest BCUT2D eigenvalue weighted by Gasteiger charge is 2.18. The van der Waals surface area contributed by atoms with E-state index < -0.39 is 5.97 Å². The number of ether oxygens (including phenoxy) is 1. The van der Waals surface area contributed by atoms with Crippen LogP contribution in [-0.2, 0) is 16.0 Å². The van der Waals surface area contributed by atoms with Crippen LogP contribution in [0.3, 0.4) is 0 Å². The Hall–Kier alpha value is -3.26. The number of nitrogens with one attached hydrogen (secondary N) is 1. The second-order valence-electron chi connectivity index (χ2n) is 6.92. The van der Waals surface area contributed by atoms with Gasteiger partial charge in [-0.2, -0.15) is 5.10 Å². The first-order valence-electron chi connectivity index (χ1n) is 9.25. The van der Waals surface area contributed by atoms with Crippen LogP contribution in [0.25, 0.3) is 5.95 Å². The van der Waals surface area contributed by atoms with Gasteiger partial charge in [-0.1, -0.05) is 11.6 Å². The summed E-state index contributed by atoms with van der Waals surface area (Å²) in [6.07, 6.45) is 0.110. The number of aryl methyl sites for hydroxylation is 3. The van der Waals surface area contributed by atoms with Crippen molar-refractivity contribution in [3.8, 4) is 5.95 Å². The fourth-order valence-electron chi connectivity index (χ4n) is 3.16. The Balaban J connectivity index is 1.83. The first kappa shape index (κ1) is 21.4. The van der Waals surface area contributed by atoms with E-state index in [0.717, 1.165) is 28.3 Å². The molecular weight excluding hydrogens is 406 g/mol. The van der Waals surface area contributed by atoms with E-state index in [1.807, 2.05) is 33.8 Å². The maximum atomic E-state index is 12.6. The van der Waals surface area contributed by atoms with Gasteiger partial charge in [0.25, 0.3) is 5.95 Å². The molecule has 3 rings (SSSR count). The van der Waals surface area contributed by atoms with Crippen LogP contribution in [0.15, 0.2) is 24.3 Å². The summed E-state index contributed by atoms with van der Waals surface area (Å²) in [6.45, 7) is 7.51. The Morgan fingerprint density at radius 2 is 1.77 bits per heavy atom. The SMILES string of the molecule is COC(=O)c1cc(NC(=O)Cc2c(C)nn(-c3nc(C)cc(C)n3)c2C)ccc1Cl. The monoisotopic (exact) mass is 427 g/mol. The molecule has 0 aliphatic heterocycles. The molecule has 0 atom stereocenters. The van der Waals surface area contributed by atoms with Crippen molar-refractivity contribution in [1.29, 1.82) is 0 Å². The molecule has 0 fully saturated rings. The molecular formula is C21H22ClN5O3. The minimum absolute atomic E-state index is 0.110. The van der Waals surface area contributed by atoms with E-state index in [9.17, 15) is 9.59 Å². The average Bonchev–Trinajstić information content (AvgIpc) is 2.96. The predicted molar refractivity (Wildman–Crippen MR) is 113 cm³/mol. The molecule has 0 aliphatic carbocycles. The number of nitrogens with zero attached hydrogens (tertiary/aromatic N) is 4. The van der Waals surface area contributed by atoms with Gasteiger partial charge in [0.2, 0.25) is 5.91 Å². The Bertz CT molecular complexity index is 1120. The molecule has 0 radical (unpaired) electrons. The molecule has 156 valence electrons. The number of amides is 1. The van der Waals surface area contributed by atoms with E-state index in [-0.39, 0.29) is 22.9 Å². The summed E-state index contributed by atoms with van der Waals surface area (Å²) in [5.74, 6) is -0.349. The van der Waals surface area contributed by atoms with Crippen LogP contribution in [-0.4, -0.2) is 38.7 Å². The first-order chi connectivity index (χ1) is 14.2. The minimum atomic E-state index is -0.572. The lowest BCUT2D eigenvalue weighted by molar-refractivity contribution is -0.115. The zero-order chi connectivity index (χ0) is 22.0. The Labute approximate surface area is 179 Å². The Morgan fingerprint density at radius 1 is 1.10 bits per heavy atom. The van der Waals surface area contributed by atoms with Crippen molar-refractivity contribution in [2.24, 2.45) is 0 Å². The van der Waals surface area contributed by atoms with Crippen molar-refractivity contribution in [3.63, 3.8) is 0 Å². The highest BCUT2D eigenvalue weighted by Crippen LogP contribution is 2.22. The lowest BCUT2D eigenvalue weighted by Crippen LogP contribution is -2.16. The number of hydrogen-bond donors (Lipinski definition) is 1. The van der Waals surface area contributed by atoms with Crippen molar-refractivity contribution in [1.82, 2.24) is 19.7 Å². The van der Waals surface area contributed by atoms with Crippen molar-refractivity contribution in [2.45, 2.75) is 34.1 Å². The summed E-state index contributed by atoms with van der Waals surface area (Å²) < 4.78 is 6.36. The fraction of sp³-hybridized carbons (Fsp3) is 0.286. The predicted octanol–water partition coefficient (Wildman–Crippen LogP) is 3.52. The van der Waals surface area contributed by atoms with Gasteiger partial charge in [0.15, 0.2) is 0 Å². The molecule has 1 amide bonds. The normalized spacial score (nSPS) is 10.7. The van der Waals surface area contributed by atoms with E-state index in [2.05, 4.69) is 20.4 Å². The summed E-state index contributed by atoms with van der Waals surface area (Å²) >= 11 is 6.02. The number of halogens is 1. The molecule has 30 heavy (non-hydrogen) atoms. The maximum absolute atomic E-state index is 12.6. The lowest BCUT2D eigenvalue weighted by Gasteiger charge is -2.09. The number of carbonyl (C=O) groups is 2. The van der Waals surface area contributed by atoms with Crippen LogP contribution in [0, 0.1) is 27.7 Å². The third-order valence-corrected chi connectivity index (χ3v) is 4.92. The molecule has 2 heterocycles. The second kappa shape index (κ2) is 8.62. The summed E-state index contributed by atoms with van der Waals surface area (Å²) in [5.41, 5.74) is 4.62. The van der Waals surface area contributed by atoms with Crippen LogP contribution < -0.4 is 5.32 Å². The molecule has 0 saturated heterocycles. The van der Waals surface area contributed by atoms with Crippen molar-refractivity contribution >= 4 is 29.2 Å². The second-order valence-corrected chi connectivity index (χ2v) is 7.33. The zero-order valence-electron chi connectivity index (χ0n) is 17.4. The molecule has 1 aromatic carbocycles. The van der Waals surface area contributed by atoms with Crippen molar-refractivity contribution in [2.75, 3.05) is 12.4 Å². The number of methoxy groups -OCH3 is 1. The van der Waals surface area contributed by atoms with Gasteiger partial charge in [-0.25, -0.2) is 19.4 Å². The van der Waals surface area contributed by atoms with Gasteiger partial charge in [-0.15, -0.1) is 0 Å². The van der Waals surface area contributed by atoms with E-state index in [1.165, 1.54) is 19.2 Å². The van der Waals surface area contributed by atoms with Gasteiger partial charge >= 0.3 is 5.97 Å². The molecule has 1 N–H and O–H groups in total. The number of aromatic nitrogens is 4. The molecule has 0 spiro atoms. The smallest absolute Gasteiger partial charge is 0.339 e. The van der Waals surface area contributed by atoms with Gasteiger partial charge in [0.05, 0.1) is 29.8 Å². The Kier molecular flexibility index (Phi) is 6.17. The van der Waals surface area contributed by atoms with Gasteiger partial charge in [0.1, 0.15) is 0 Å². The number of carbonyl (C=O) groups excluding carboxylic acids is 2. The van der Waals surface area contributed by atoms with Gasteiger partial charge in [-0.3, -0.25) is 4.79 Å². The number of benzene rings is 1. The van der Waals surface area contributed by atoms with Gasteiger partial charge in [0, 0.05) is 28.3 Å². The molecule has 0 saturated carbocycles. The van der Waals surface area contributed by atoms with E-state index in [1.54, 1.807) is 10.7 Å². The van der Waals surface area contributed by atoms with Gasteiger partial charge in [-0.05, 0) is 52.0 Å². The first-order valence-corrected chi connectivity index (χ1v) is 9.63. The quantitative estimate of drug-likeness (QED) is 0.625. The van der Waals surface area contributed by atoms with Crippen LogP contribution in [0.4, 0.5) is 5.69 Å². The summed E-state index contributed by atoms with van der Waals surface area (Å²) in [5, 5.41) is 7.55. The molecule has 2 aromatic heterocycles. The molecule has 0 unspecified atom stereocenters. The van der Waals surface area contributed by atoms with Crippen molar-refractivity contribution in [3.05, 3.63) is 63.2 Å². The topological polar surface area (TPSA) is 99.0 Å². The largest absolute Gasteiger partial charge is 0.465 e. The maximum Gasteiger partial charge on any atom is 0.339 e. The van der Waals surface area contributed by atoms with Crippen LogP contribution in [0.2, 0.25) is 5.02 Å². The summed E-state index contributed by atoms with van der Waals surface area (Å²) in [7, 11) is 1.27. The van der Waals surface area contributed by atoms with E-state index in [4.69, 9.17) is 16.3 Å². The molecule has 0 aliphatic rings. The van der Waals surface area contributed by atoms with E-state index >= 15 is 0 Å². The zero-order valence-corrected chi connectivity index (χ0v) is 18.2.